The van der Waals surface area contributed by atoms with E-state index in [1.54, 1.807) is 0 Å². The summed E-state index contributed by atoms with van der Waals surface area (Å²) >= 11 is 0. The molecule has 1 aliphatic rings. The molecular weight excluding hydrogens is 379 g/mol. The van der Waals surface area contributed by atoms with E-state index in [2.05, 4.69) is 20.9 Å². The lowest BCUT2D eigenvalue weighted by Crippen LogP contribution is -2.40. The molecule has 0 spiro atoms. The van der Waals surface area contributed by atoms with Crippen molar-refractivity contribution < 1.29 is 4.79 Å². The van der Waals surface area contributed by atoms with E-state index in [-0.39, 0.29) is 29.9 Å². The molecule has 6 heteroatoms. The molecule has 1 aromatic rings. The van der Waals surface area contributed by atoms with Gasteiger partial charge in [0.2, 0.25) is 5.91 Å². The van der Waals surface area contributed by atoms with E-state index in [0.717, 1.165) is 49.7 Å². The first-order valence-electron chi connectivity index (χ1n) is 7.19. The average molecular weight is 402 g/mol. The molecule has 0 saturated carbocycles. The highest BCUT2D eigenvalue weighted by Gasteiger charge is 2.04. The van der Waals surface area contributed by atoms with Crippen molar-refractivity contribution in [2.45, 2.75) is 32.7 Å². The Bertz CT molecular complexity index is 473. The third kappa shape index (κ3) is 6.33. The number of anilines is 1. The van der Waals surface area contributed by atoms with Gasteiger partial charge in [-0.15, -0.1) is 24.0 Å². The van der Waals surface area contributed by atoms with Crippen LogP contribution < -0.4 is 16.0 Å². The van der Waals surface area contributed by atoms with Gasteiger partial charge >= 0.3 is 0 Å². The van der Waals surface area contributed by atoms with Crippen LogP contribution in [0.1, 0.15) is 31.7 Å². The Hall–Kier alpha value is -1.31. The van der Waals surface area contributed by atoms with Crippen LogP contribution in [0.25, 0.3) is 0 Å². The molecule has 0 unspecified atom stereocenters. The molecule has 5 nitrogen and oxygen atoms in total. The monoisotopic (exact) mass is 402 g/mol. The molecule has 0 bridgehead atoms. The number of nitrogens with zero attached hydrogens (tertiary/aromatic N) is 1. The van der Waals surface area contributed by atoms with Gasteiger partial charge in [0.1, 0.15) is 0 Å². The fourth-order valence-corrected chi connectivity index (χ4v) is 1.99. The van der Waals surface area contributed by atoms with Gasteiger partial charge < -0.3 is 16.0 Å². The predicted molar refractivity (Wildman–Crippen MR) is 97.2 cm³/mol. The number of amides is 1. The highest BCUT2D eigenvalue weighted by atomic mass is 127. The van der Waals surface area contributed by atoms with Gasteiger partial charge in [-0.1, -0.05) is 19.1 Å². The summed E-state index contributed by atoms with van der Waals surface area (Å²) in [6, 6.07) is 7.89. The van der Waals surface area contributed by atoms with E-state index in [9.17, 15) is 4.79 Å². The zero-order valence-electron chi connectivity index (χ0n) is 12.3. The van der Waals surface area contributed by atoms with Crippen molar-refractivity contribution in [3.63, 3.8) is 0 Å². The van der Waals surface area contributed by atoms with E-state index in [0.29, 0.717) is 6.42 Å². The highest BCUT2D eigenvalue weighted by molar-refractivity contribution is 14.0. The van der Waals surface area contributed by atoms with Crippen molar-refractivity contribution in [3.05, 3.63) is 29.8 Å². The fourth-order valence-electron chi connectivity index (χ4n) is 1.99. The SMILES string of the molecule is CCCC(=O)Nc1ccc(CNC2=NCCCN2)cc1.I. The number of guanidine groups is 1. The number of carbonyl (C=O) groups is 1. The number of carbonyl (C=O) groups excluding carboxylic acids is 1. The zero-order chi connectivity index (χ0) is 14.2. The maximum absolute atomic E-state index is 11.5. The van der Waals surface area contributed by atoms with Crippen LogP contribution in [0.2, 0.25) is 0 Å². The Morgan fingerprint density at radius 2 is 2.10 bits per heavy atom. The number of hydrogen-bond acceptors (Lipinski definition) is 4. The molecule has 0 fully saturated rings. The van der Waals surface area contributed by atoms with Gasteiger partial charge in [-0.3, -0.25) is 9.79 Å². The summed E-state index contributed by atoms with van der Waals surface area (Å²) in [5.74, 6) is 0.940. The number of aliphatic imine (C=N–C) groups is 1. The Balaban J connectivity index is 0.00000220. The van der Waals surface area contributed by atoms with Gasteiger partial charge in [0.15, 0.2) is 5.96 Å². The minimum absolute atomic E-state index is 0. The Morgan fingerprint density at radius 1 is 1.33 bits per heavy atom. The molecule has 0 radical (unpaired) electrons. The van der Waals surface area contributed by atoms with Gasteiger partial charge in [0, 0.05) is 31.7 Å². The van der Waals surface area contributed by atoms with Crippen molar-refractivity contribution in [3.8, 4) is 0 Å². The fraction of sp³-hybridized carbons (Fsp3) is 0.467. The van der Waals surface area contributed by atoms with Crippen molar-refractivity contribution in [1.82, 2.24) is 10.6 Å². The number of rotatable bonds is 5. The van der Waals surface area contributed by atoms with Crippen LogP contribution in [-0.4, -0.2) is 25.0 Å². The summed E-state index contributed by atoms with van der Waals surface area (Å²) in [6.07, 6.45) is 2.52. The van der Waals surface area contributed by atoms with E-state index in [1.807, 2.05) is 31.2 Å². The first-order chi connectivity index (χ1) is 9.78. The normalized spacial score (nSPS) is 13.5. The van der Waals surface area contributed by atoms with Crippen molar-refractivity contribution in [2.24, 2.45) is 4.99 Å². The standard InChI is InChI=1S/C15H22N4O.HI/c1-2-4-14(20)19-13-7-5-12(6-8-13)11-18-15-16-9-3-10-17-15;/h5-8H,2-4,9-11H2,1H3,(H,19,20)(H2,16,17,18);1H. The summed E-state index contributed by atoms with van der Waals surface area (Å²) in [5, 5.41) is 9.37. The number of benzene rings is 1. The molecular formula is C15H23IN4O. The number of halogens is 1. The summed E-state index contributed by atoms with van der Waals surface area (Å²) in [4.78, 5) is 15.8. The van der Waals surface area contributed by atoms with E-state index >= 15 is 0 Å². The van der Waals surface area contributed by atoms with Crippen LogP contribution in [0.4, 0.5) is 5.69 Å². The molecule has 1 aliphatic heterocycles. The lowest BCUT2D eigenvalue weighted by molar-refractivity contribution is -0.116. The average Bonchev–Trinajstić information content (AvgIpc) is 2.48. The van der Waals surface area contributed by atoms with Crippen molar-refractivity contribution >= 4 is 41.5 Å². The maximum Gasteiger partial charge on any atom is 0.224 e. The molecule has 0 saturated heterocycles. The number of nitrogens with one attached hydrogen (secondary N) is 3. The summed E-state index contributed by atoms with van der Waals surface area (Å²) in [6.45, 7) is 4.59. The van der Waals surface area contributed by atoms with E-state index < -0.39 is 0 Å². The third-order valence-corrected chi connectivity index (χ3v) is 3.07. The molecule has 0 aromatic heterocycles. The van der Waals surface area contributed by atoms with Crippen LogP contribution in [0, 0.1) is 0 Å². The minimum atomic E-state index is 0. The van der Waals surface area contributed by atoms with Gasteiger partial charge in [0.25, 0.3) is 0 Å². The molecule has 0 atom stereocenters. The topological polar surface area (TPSA) is 65.5 Å². The second kappa shape index (κ2) is 9.59. The van der Waals surface area contributed by atoms with Gasteiger partial charge in [-0.25, -0.2) is 0 Å². The van der Waals surface area contributed by atoms with Crippen LogP contribution in [-0.2, 0) is 11.3 Å². The molecule has 1 heterocycles. The summed E-state index contributed by atoms with van der Waals surface area (Å²) in [5.41, 5.74) is 2.01. The first kappa shape index (κ1) is 17.7. The number of hydrogen-bond donors (Lipinski definition) is 3. The van der Waals surface area contributed by atoms with Crippen LogP contribution in [0.5, 0.6) is 0 Å². The molecule has 3 N–H and O–H groups in total. The van der Waals surface area contributed by atoms with Crippen LogP contribution >= 0.6 is 24.0 Å². The third-order valence-electron chi connectivity index (χ3n) is 3.07. The van der Waals surface area contributed by atoms with Gasteiger partial charge in [-0.05, 0) is 30.5 Å². The second-order valence-corrected chi connectivity index (χ2v) is 4.86. The van der Waals surface area contributed by atoms with Crippen molar-refractivity contribution in [2.75, 3.05) is 18.4 Å². The smallest absolute Gasteiger partial charge is 0.224 e. The lowest BCUT2D eigenvalue weighted by Gasteiger charge is -2.16. The highest BCUT2D eigenvalue weighted by Crippen LogP contribution is 2.10. The molecule has 21 heavy (non-hydrogen) atoms. The predicted octanol–water partition coefficient (Wildman–Crippen LogP) is 2.48. The quantitative estimate of drug-likeness (QED) is 0.664. The Morgan fingerprint density at radius 3 is 2.71 bits per heavy atom. The first-order valence-corrected chi connectivity index (χ1v) is 7.19. The molecule has 2 rings (SSSR count). The summed E-state index contributed by atoms with van der Waals surface area (Å²) in [7, 11) is 0. The van der Waals surface area contributed by atoms with Crippen LogP contribution in [0.15, 0.2) is 29.3 Å². The minimum Gasteiger partial charge on any atom is -0.356 e. The zero-order valence-corrected chi connectivity index (χ0v) is 14.6. The second-order valence-electron chi connectivity index (χ2n) is 4.86. The largest absolute Gasteiger partial charge is 0.356 e. The molecule has 1 amide bonds. The van der Waals surface area contributed by atoms with Crippen molar-refractivity contribution in [1.29, 1.82) is 0 Å². The Labute approximate surface area is 143 Å². The van der Waals surface area contributed by atoms with E-state index in [4.69, 9.17) is 0 Å². The van der Waals surface area contributed by atoms with Gasteiger partial charge in [-0.2, -0.15) is 0 Å². The maximum atomic E-state index is 11.5. The molecule has 1 aromatic carbocycles. The lowest BCUT2D eigenvalue weighted by atomic mass is 10.2. The molecule has 0 aliphatic carbocycles. The van der Waals surface area contributed by atoms with Crippen LogP contribution in [0.3, 0.4) is 0 Å². The Kier molecular flexibility index (Phi) is 8.11. The van der Waals surface area contributed by atoms with E-state index in [1.165, 1.54) is 0 Å². The molecule has 116 valence electrons. The van der Waals surface area contributed by atoms with Gasteiger partial charge in [0.05, 0.1) is 0 Å². The summed E-state index contributed by atoms with van der Waals surface area (Å²) < 4.78 is 0.